The molecule has 0 aliphatic heterocycles. The van der Waals surface area contributed by atoms with E-state index in [-0.39, 0.29) is 6.10 Å². The second-order valence-electron chi connectivity index (χ2n) is 3.52. The van der Waals surface area contributed by atoms with Crippen molar-refractivity contribution in [3.63, 3.8) is 0 Å². The number of hydrogen-bond donors (Lipinski definition) is 2. The van der Waals surface area contributed by atoms with Crippen molar-refractivity contribution < 1.29 is 5.11 Å². The van der Waals surface area contributed by atoms with E-state index in [1.807, 2.05) is 7.05 Å². The van der Waals surface area contributed by atoms with Crippen LogP contribution in [0.1, 0.15) is 32.1 Å². The van der Waals surface area contributed by atoms with Crippen LogP contribution in [0.2, 0.25) is 0 Å². The minimum atomic E-state index is -0.0510. The predicted octanol–water partition coefficient (Wildman–Crippen LogP) is 1.15. The summed E-state index contributed by atoms with van der Waals surface area (Å²) < 4.78 is 0. The highest BCUT2D eigenvalue weighted by molar-refractivity contribution is 4.73. The van der Waals surface area contributed by atoms with Gasteiger partial charge in [-0.1, -0.05) is 19.3 Å². The molecule has 0 unspecified atom stereocenters. The summed E-state index contributed by atoms with van der Waals surface area (Å²) in [6.45, 7) is 0.973. The Morgan fingerprint density at radius 1 is 1.27 bits per heavy atom. The summed E-state index contributed by atoms with van der Waals surface area (Å²) in [7, 11) is 1.96. The van der Waals surface area contributed by atoms with Gasteiger partial charge < -0.3 is 10.4 Å². The molecular formula is C9H19NO. The Bertz CT molecular complexity index is 106. The average Bonchev–Trinajstić information content (AvgIpc) is 2.18. The summed E-state index contributed by atoms with van der Waals surface area (Å²) in [6.07, 6.45) is 5.96. The van der Waals surface area contributed by atoms with Crippen LogP contribution in [0.4, 0.5) is 0 Å². The lowest BCUT2D eigenvalue weighted by molar-refractivity contribution is 0.101. The Balaban J connectivity index is 2.32. The topological polar surface area (TPSA) is 32.3 Å². The van der Waals surface area contributed by atoms with Crippen LogP contribution in [0.15, 0.2) is 0 Å². The lowest BCUT2D eigenvalue weighted by Crippen LogP contribution is -2.28. The van der Waals surface area contributed by atoms with Gasteiger partial charge in [0, 0.05) is 6.54 Å². The van der Waals surface area contributed by atoms with Crippen molar-refractivity contribution in [3.8, 4) is 0 Å². The standard InChI is InChI=1S/C9H19NO/c1-10-7-8-5-3-2-4-6-9(8)11/h8-11H,2-7H2,1H3/t8-,9-/m0/s1. The molecule has 2 heteroatoms. The summed E-state index contributed by atoms with van der Waals surface area (Å²) in [5.41, 5.74) is 0. The third kappa shape index (κ3) is 2.80. The van der Waals surface area contributed by atoms with Crippen molar-refractivity contribution in [1.82, 2.24) is 5.32 Å². The van der Waals surface area contributed by atoms with Crippen molar-refractivity contribution >= 4 is 0 Å². The molecule has 0 amide bonds. The zero-order chi connectivity index (χ0) is 8.10. The van der Waals surface area contributed by atoms with Crippen molar-refractivity contribution in [2.75, 3.05) is 13.6 Å². The van der Waals surface area contributed by atoms with Gasteiger partial charge >= 0.3 is 0 Å². The molecule has 0 aromatic rings. The molecule has 1 aliphatic rings. The fraction of sp³-hybridized carbons (Fsp3) is 1.00. The van der Waals surface area contributed by atoms with E-state index in [4.69, 9.17) is 0 Å². The molecule has 0 saturated heterocycles. The van der Waals surface area contributed by atoms with Crippen LogP contribution in [0.3, 0.4) is 0 Å². The molecule has 0 aromatic carbocycles. The number of nitrogens with one attached hydrogen (secondary N) is 1. The van der Waals surface area contributed by atoms with Crippen molar-refractivity contribution in [2.45, 2.75) is 38.2 Å². The van der Waals surface area contributed by atoms with Gasteiger partial charge in [0.15, 0.2) is 0 Å². The Kier molecular flexibility index (Phi) is 3.87. The van der Waals surface area contributed by atoms with E-state index in [9.17, 15) is 5.11 Å². The van der Waals surface area contributed by atoms with E-state index < -0.39 is 0 Å². The van der Waals surface area contributed by atoms with E-state index in [1.165, 1.54) is 25.7 Å². The second kappa shape index (κ2) is 4.73. The maximum atomic E-state index is 9.64. The largest absolute Gasteiger partial charge is 0.393 e. The van der Waals surface area contributed by atoms with Gasteiger partial charge in [0.2, 0.25) is 0 Å². The molecule has 1 saturated carbocycles. The van der Waals surface area contributed by atoms with Crippen molar-refractivity contribution in [2.24, 2.45) is 5.92 Å². The summed E-state index contributed by atoms with van der Waals surface area (Å²) >= 11 is 0. The number of hydrogen-bond acceptors (Lipinski definition) is 2. The Hall–Kier alpha value is -0.0800. The molecule has 0 heterocycles. The lowest BCUT2D eigenvalue weighted by atomic mass is 9.97. The molecule has 11 heavy (non-hydrogen) atoms. The van der Waals surface area contributed by atoms with Crippen LogP contribution in [-0.2, 0) is 0 Å². The molecule has 66 valence electrons. The molecule has 2 nitrogen and oxygen atoms in total. The van der Waals surface area contributed by atoms with E-state index in [0.717, 1.165) is 13.0 Å². The Morgan fingerprint density at radius 2 is 2.00 bits per heavy atom. The van der Waals surface area contributed by atoms with Crippen LogP contribution in [-0.4, -0.2) is 24.8 Å². The van der Waals surface area contributed by atoms with Crippen LogP contribution < -0.4 is 5.32 Å². The highest BCUT2D eigenvalue weighted by Crippen LogP contribution is 2.22. The maximum Gasteiger partial charge on any atom is 0.0580 e. The van der Waals surface area contributed by atoms with E-state index >= 15 is 0 Å². The molecule has 2 atom stereocenters. The van der Waals surface area contributed by atoms with Crippen LogP contribution in [0.25, 0.3) is 0 Å². The number of rotatable bonds is 2. The van der Waals surface area contributed by atoms with Gasteiger partial charge in [-0.25, -0.2) is 0 Å². The lowest BCUT2D eigenvalue weighted by Gasteiger charge is -2.19. The van der Waals surface area contributed by atoms with Crippen LogP contribution in [0, 0.1) is 5.92 Å². The first-order chi connectivity index (χ1) is 5.34. The van der Waals surface area contributed by atoms with Crippen molar-refractivity contribution in [3.05, 3.63) is 0 Å². The van der Waals surface area contributed by atoms with E-state index in [2.05, 4.69) is 5.32 Å². The van der Waals surface area contributed by atoms with Gasteiger partial charge in [0.25, 0.3) is 0 Å². The Labute approximate surface area is 69.0 Å². The predicted molar refractivity (Wildman–Crippen MR) is 46.5 cm³/mol. The van der Waals surface area contributed by atoms with Crippen LogP contribution >= 0.6 is 0 Å². The third-order valence-electron chi connectivity index (χ3n) is 2.59. The van der Waals surface area contributed by atoms with Crippen molar-refractivity contribution in [1.29, 1.82) is 0 Å². The molecule has 1 aliphatic carbocycles. The SMILES string of the molecule is CNC[C@@H]1CCCCC[C@@H]1O. The smallest absolute Gasteiger partial charge is 0.0580 e. The zero-order valence-electron chi connectivity index (χ0n) is 7.34. The fourth-order valence-corrected chi connectivity index (χ4v) is 1.87. The summed E-state index contributed by atoms with van der Waals surface area (Å²) in [6, 6.07) is 0. The van der Waals surface area contributed by atoms with E-state index in [0.29, 0.717) is 5.92 Å². The molecule has 0 radical (unpaired) electrons. The molecular weight excluding hydrogens is 138 g/mol. The average molecular weight is 157 g/mol. The monoisotopic (exact) mass is 157 g/mol. The minimum absolute atomic E-state index is 0.0510. The van der Waals surface area contributed by atoms with Gasteiger partial charge in [-0.2, -0.15) is 0 Å². The quantitative estimate of drug-likeness (QED) is 0.589. The first-order valence-corrected chi connectivity index (χ1v) is 4.67. The summed E-state index contributed by atoms with van der Waals surface area (Å²) in [4.78, 5) is 0. The van der Waals surface area contributed by atoms with Gasteiger partial charge in [-0.05, 0) is 25.8 Å². The minimum Gasteiger partial charge on any atom is -0.393 e. The first kappa shape index (κ1) is 9.01. The number of aliphatic hydroxyl groups excluding tert-OH is 1. The van der Waals surface area contributed by atoms with Gasteiger partial charge in [-0.15, -0.1) is 0 Å². The second-order valence-corrected chi connectivity index (χ2v) is 3.52. The molecule has 2 N–H and O–H groups in total. The Morgan fingerprint density at radius 3 is 2.73 bits per heavy atom. The third-order valence-corrected chi connectivity index (χ3v) is 2.59. The van der Waals surface area contributed by atoms with Gasteiger partial charge in [-0.3, -0.25) is 0 Å². The first-order valence-electron chi connectivity index (χ1n) is 4.67. The highest BCUT2D eigenvalue weighted by atomic mass is 16.3. The summed E-state index contributed by atoms with van der Waals surface area (Å²) in [5.74, 6) is 0.502. The van der Waals surface area contributed by atoms with E-state index in [1.54, 1.807) is 0 Å². The zero-order valence-corrected chi connectivity index (χ0v) is 7.34. The van der Waals surface area contributed by atoms with Gasteiger partial charge in [0.1, 0.15) is 0 Å². The maximum absolute atomic E-state index is 9.64. The normalized spacial score (nSPS) is 33.3. The molecule has 1 fully saturated rings. The summed E-state index contributed by atoms with van der Waals surface area (Å²) in [5, 5.41) is 12.8. The molecule has 1 rings (SSSR count). The fourth-order valence-electron chi connectivity index (χ4n) is 1.87. The molecule has 0 bridgehead atoms. The van der Waals surface area contributed by atoms with Crippen LogP contribution in [0.5, 0.6) is 0 Å². The molecule has 0 spiro atoms. The van der Waals surface area contributed by atoms with Gasteiger partial charge in [0.05, 0.1) is 6.10 Å². The highest BCUT2D eigenvalue weighted by Gasteiger charge is 2.20. The number of aliphatic hydroxyl groups is 1. The molecule has 0 aromatic heterocycles.